The number of hydrogen-bond donors (Lipinski definition) is 0. The first kappa shape index (κ1) is 16.7. The van der Waals surface area contributed by atoms with E-state index in [-0.39, 0.29) is 5.82 Å². The van der Waals surface area contributed by atoms with Gasteiger partial charge in [-0.3, -0.25) is 0 Å². The summed E-state index contributed by atoms with van der Waals surface area (Å²) in [5, 5.41) is 0. The molecule has 1 aromatic rings. The molecule has 1 aromatic carbocycles. The molecule has 2 saturated carbocycles. The molecule has 0 aromatic heterocycles. The van der Waals surface area contributed by atoms with Gasteiger partial charge in [0.15, 0.2) is 0 Å². The van der Waals surface area contributed by atoms with E-state index in [1.807, 2.05) is 13.0 Å². The maximum atomic E-state index is 13.7. The number of rotatable bonds is 3. The van der Waals surface area contributed by atoms with E-state index in [0.717, 1.165) is 11.5 Å². The van der Waals surface area contributed by atoms with Crippen LogP contribution < -0.4 is 0 Å². The predicted octanol–water partition coefficient (Wildman–Crippen LogP) is 6.71. The molecule has 0 unspecified atom stereocenters. The van der Waals surface area contributed by atoms with Crippen LogP contribution in [-0.2, 0) is 0 Å². The van der Waals surface area contributed by atoms with Crippen LogP contribution in [0.1, 0.15) is 75.3 Å². The van der Waals surface area contributed by atoms with Gasteiger partial charge in [-0.2, -0.15) is 0 Å². The zero-order valence-corrected chi connectivity index (χ0v) is 14.6. The lowest BCUT2D eigenvalue weighted by atomic mass is 9.77. The summed E-state index contributed by atoms with van der Waals surface area (Å²) in [7, 11) is 0. The minimum Gasteiger partial charge on any atom is -0.207 e. The third kappa shape index (κ3) is 4.46. The first-order valence-corrected chi connectivity index (χ1v) is 9.22. The molecule has 0 N–H and O–H groups in total. The van der Waals surface area contributed by atoms with Crippen molar-refractivity contribution in [3.63, 3.8) is 0 Å². The van der Waals surface area contributed by atoms with Gasteiger partial charge < -0.3 is 0 Å². The van der Waals surface area contributed by atoms with Crippen molar-refractivity contribution in [1.29, 1.82) is 0 Å². The summed E-state index contributed by atoms with van der Waals surface area (Å²) in [6.45, 7) is 4.13. The highest BCUT2D eigenvalue weighted by Gasteiger charge is 2.22. The molecule has 23 heavy (non-hydrogen) atoms. The van der Waals surface area contributed by atoms with E-state index in [9.17, 15) is 4.39 Å². The third-order valence-corrected chi connectivity index (χ3v) is 5.78. The molecule has 1 heteroatoms. The van der Waals surface area contributed by atoms with Crippen LogP contribution in [0.5, 0.6) is 0 Å². The molecule has 124 valence electrons. The highest BCUT2D eigenvalue weighted by molar-refractivity contribution is 5.28. The van der Waals surface area contributed by atoms with Crippen molar-refractivity contribution in [2.75, 3.05) is 0 Å². The van der Waals surface area contributed by atoms with Crippen molar-refractivity contribution in [3.05, 3.63) is 59.1 Å². The average Bonchev–Trinajstić information content (AvgIpc) is 2.57. The Labute approximate surface area is 141 Å². The minimum absolute atomic E-state index is 0.0541. The summed E-state index contributed by atoms with van der Waals surface area (Å²) >= 11 is 0. The SMILES string of the molecule is C[C]1CCC(/C=C/[C]2CCC(c3ccc(C)c(F)c3)CC2)CC1. The van der Waals surface area contributed by atoms with Gasteiger partial charge >= 0.3 is 0 Å². The molecule has 2 fully saturated rings. The van der Waals surface area contributed by atoms with Gasteiger partial charge in [0.2, 0.25) is 0 Å². The van der Waals surface area contributed by atoms with Crippen molar-refractivity contribution in [2.45, 2.75) is 71.1 Å². The summed E-state index contributed by atoms with van der Waals surface area (Å²) in [5.74, 6) is 4.54. The second-order valence-corrected chi connectivity index (χ2v) is 7.59. The van der Waals surface area contributed by atoms with E-state index in [2.05, 4.69) is 25.1 Å². The smallest absolute Gasteiger partial charge is 0.126 e. The van der Waals surface area contributed by atoms with Crippen molar-refractivity contribution < 1.29 is 4.39 Å². The Morgan fingerprint density at radius 3 is 2.30 bits per heavy atom. The molecule has 2 aliphatic rings. The molecular weight excluding hydrogens is 283 g/mol. The predicted molar refractivity (Wildman–Crippen MR) is 95.6 cm³/mol. The maximum absolute atomic E-state index is 13.7. The number of allylic oxidation sites excluding steroid dienone is 2. The summed E-state index contributed by atoms with van der Waals surface area (Å²) in [6.07, 6.45) is 14.9. The van der Waals surface area contributed by atoms with E-state index in [4.69, 9.17) is 0 Å². The molecular formula is C22H29F. The Morgan fingerprint density at radius 2 is 1.65 bits per heavy atom. The summed E-state index contributed by atoms with van der Waals surface area (Å²) in [6, 6.07) is 5.79. The molecule has 2 aliphatic carbocycles. The Kier molecular flexibility index (Phi) is 5.56. The van der Waals surface area contributed by atoms with E-state index < -0.39 is 0 Å². The number of aryl methyl sites for hydroxylation is 1. The Hall–Kier alpha value is -1.11. The average molecular weight is 312 g/mol. The molecule has 0 atom stereocenters. The van der Waals surface area contributed by atoms with Crippen molar-refractivity contribution >= 4 is 0 Å². The third-order valence-electron chi connectivity index (χ3n) is 5.78. The minimum atomic E-state index is -0.0541. The van der Waals surface area contributed by atoms with Crippen LogP contribution in [0.3, 0.4) is 0 Å². The standard InChI is InChI=1S/C22H29F/c1-16-3-6-18(7-4-16)8-9-19-10-13-20(14-11-19)21-12-5-17(2)22(23)15-21/h5,8-9,12,15,18,20H,3-4,6-7,10-11,13-14H2,1-2H3/b9-8+. The van der Waals surface area contributed by atoms with Crippen molar-refractivity contribution in [2.24, 2.45) is 5.92 Å². The van der Waals surface area contributed by atoms with Crippen LogP contribution >= 0.6 is 0 Å². The molecule has 0 bridgehead atoms. The van der Waals surface area contributed by atoms with Crippen LogP contribution in [0, 0.1) is 30.5 Å². The van der Waals surface area contributed by atoms with Gasteiger partial charge in [0.25, 0.3) is 0 Å². The Balaban J connectivity index is 1.49. The summed E-state index contributed by atoms with van der Waals surface area (Å²) < 4.78 is 13.7. The highest BCUT2D eigenvalue weighted by atomic mass is 19.1. The van der Waals surface area contributed by atoms with Crippen LogP contribution in [-0.4, -0.2) is 0 Å². The normalized spacial score (nSPS) is 22.9. The molecule has 0 aliphatic heterocycles. The number of benzene rings is 1. The van der Waals surface area contributed by atoms with Gasteiger partial charge in [-0.1, -0.05) is 31.2 Å². The Morgan fingerprint density at radius 1 is 0.957 bits per heavy atom. The van der Waals surface area contributed by atoms with Crippen LogP contribution in [0.4, 0.5) is 4.39 Å². The fourth-order valence-corrected chi connectivity index (χ4v) is 3.95. The first-order chi connectivity index (χ1) is 11.1. The van der Waals surface area contributed by atoms with Gasteiger partial charge in [-0.05, 0) is 99.2 Å². The van der Waals surface area contributed by atoms with Gasteiger partial charge in [-0.15, -0.1) is 0 Å². The van der Waals surface area contributed by atoms with Crippen LogP contribution in [0.15, 0.2) is 30.4 Å². The topological polar surface area (TPSA) is 0 Å². The van der Waals surface area contributed by atoms with E-state index in [0.29, 0.717) is 5.92 Å². The van der Waals surface area contributed by atoms with E-state index >= 15 is 0 Å². The fourth-order valence-electron chi connectivity index (χ4n) is 3.95. The first-order valence-electron chi connectivity index (χ1n) is 9.22. The summed E-state index contributed by atoms with van der Waals surface area (Å²) in [5.41, 5.74) is 1.94. The quantitative estimate of drug-likeness (QED) is 0.582. The second-order valence-electron chi connectivity index (χ2n) is 7.59. The van der Waals surface area contributed by atoms with Gasteiger partial charge in [-0.25, -0.2) is 4.39 Å². The maximum Gasteiger partial charge on any atom is 0.126 e. The van der Waals surface area contributed by atoms with E-state index in [1.54, 1.807) is 17.9 Å². The molecule has 0 heterocycles. The largest absolute Gasteiger partial charge is 0.207 e. The van der Waals surface area contributed by atoms with Gasteiger partial charge in [0.05, 0.1) is 0 Å². The fraction of sp³-hybridized carbons (Fsp3) is 0.545. The molecule has 3 rings (SSSR count). The zero-order valence-electron chi connectivity index (χ0n) is 14.6. The van der Waals surface area contributed by atoms with Crippen molar-refractivity contribution in [1.82, 2.24) is 0 Å². The molecule has 0 nitrogen and oxygen atoms in total. The highest BCUT2D eigenvalue weighted by Crippen LogP contribution is 2.38. The molecule has 2 radical (unpaired) electrons. The molecule has 0 saturated heterocycles. The lowest BCUT2D eigenvalue weighted by Gasteiger charge is -2.28. The second kappa shape index (κ2) is 7.64. The van der Waals surface area contributed by atoms with Gasteiger partial charge in [0, 0.05) is 0 Å². The Bertz CT molecular complexity index is 529. The van der Waals surface area contributed by atoms with Crippen molar-refractivity contribution in [3.8, 4) is 0 Å². The lowest BCUT2D eigenvalue weighted by molar-refractivity contribution is 0.443. The molecule has 0 amide bonds. The summed E-state index contributed by atoms with van der Waals surface area (Å²) in [4.78, 5) is 0. The number of hydrogen-bond acceptors (Lipinski definition) is 0. The number of halogens is 1. The lowest BCUT2D eigenvalue weighted by Crippen LogP contribution is -2.12. The molecule has 0 spiro atoms. The van der Waals surface area contributed by atoms with Crippen LogP contribution in [0.25, 0.3) is 0 Å². The monoisotopic (exact) mass is 312 g/mol. The van der Waals surface area contributed by atoms with Gasteiger partial charge in [0.1, 0.15) is 5.82 Å². The zero-order chi connectivity index (χ0) is 16.2. The van der Waals surface area contributed by atoms with E-state index in [1.165, 1.54) is 56.9 Å². The van der Waals surface area contributed by atoms with Crippen LogP contribution in [0.2, 0.25) is 0 Å².